The van der Waals surface area contributed by atoms with Crippen LogP contribution in [0.4, 0.5) is 24.8 Å². The number of hydrogen-bond donors (Lipinski definition) is 2. The lowest BCUT2D eigenvalue weighted by molar-refractivity contribution is -0.138. The molecule has 2 aliphatic rings. The number of nitrogens with zero attached hydrogens (tertiary/aromatic N) is 4. The molecule has 1 aliphatic carbocycles. The molecule has 4 aromatic rings. The number of aromatic nitrogens is 2. The maximum absolute atomic E-state index is 14.0. The lowest BCUT2D eigenvalue weighted by Gasteiger charge is -2.33. The highest BCUT2D eigenvalue weighted by Gasteiger charge is 2.34. The van der Waals surface area contributed by atoms with Crippen molar-refractivity contribution in [1.29, 1.82) is 0 Å². The average Bonchev–Trinajstić information content (AvgIpc) is 3.70. The zero-order valence-electron chi connectivity index (χ0n) is 23.9. The molecular formula is C32H31F3N6OS. The summed E-state index contributed by atoms with van der Waals surface area (Å²) in [5.74, 6) is 6.42. The van der Waals surface area contributed by atoms with Crippen molar-refractivity contribution in [3.8, 4) is 11.8 Å². The molecule has 1 saturated carbocycles. The Kier molecular flexibility index (Phi) is 8.09. The number of likely N-dealkylation sites (N-methyl/N-ethyl adjacent to an activating group) is 1. The number of hydrogen-bond acceptors (Lipinski definition) is 7. The highest BCUT2D eigenvalue weighted by Crippen LogP contribution is 2.35. The van der Waals surface area contributed by atoms with Crippen molar-refractivity contribution in [2.75, 3.05) is 43.9 Å². The third kappa shape index (κ3) is 6.99. The molecule has 7 nitrogen and oxygen atoms in total. The molecule has 1 saturated heterocycles. The lowest BCUT2D eigenvalue weighted by Crippen LogP contribution is -2.44. The van der Waals surface area contributed by atoms with Crippen molar-refractivity contribution in [1.82, 2.24) is 19.8 Å². The normalized spacial score (nSPS) is 16.1. The zero-order chi connectivity index (χ0) is 30.1. The molecule has 0 atom stereocenters. The predicted molar refractivity (Wildman–Crippen MR) is 163 cm³/mol. The van der Waals surface area contributed by atoms with E-state index in [1.54, 1.807) is 24.4 Å². The minimum Gasteiger partial charge on any atom is -0.351 e. The highest BCUT2D eigenvalue weighted by molar-refractivity contribution is 7.17. The number of amides is 1. The van der Waals surface area contributed by atoms with Gasteiger partial charge in [0.1, 0.15) is 5.52 Å². The molecule has 0 bridgehead atoms. The molecule has 0 spiro atoms. The number of rotatable bonds is 6. The molecule has 0 unspecified atom stereocenters. The molecule has 2 aromatic carbocycles. The molecule has 1 aliphatic heterocycles. The largest absolute Gasteiger partial charge is 0.416 e. The van der Waals surface area contributed by atoms with Crippen molar-refractivity contribution in [2.24, 2.45) is 0 Å². The standard InChI is InChI=1S/C32H31F3N6OS/c1-20-3-4-22(15-21(20)5-6-24-19-43-28-17-36-31(39-29(24)28)38-25-9-10-25)30(42)37-26-8-7-23(27(16-26)32(33,34)35)18-41-13-11-40(2)12-14-41/h3-4,7-8,15-17,19,25H,9-14,18H2,1-2H3,(H,37,42)(H,36,38,39). The van der Waals surface area contributed by atoms with Gasteiger partial charge in [-0.3, -0.25) is 9.69 Å². The van der Waals surface area contributed by atoms with Gasteiger partial charge in [-0.05, 0) is 62.2 Å². The third-order valence-corrected chi connectivity index (χ3v) is 8.63. The maximum atomic E-state index is 14.0. The predicted octanol–water partition coefficient (Wildman–Crippen LogP) is 5.99. The summed E-state index contributed by atoms with van der Waals surface area (Å²) < 4.78 is 43.0. The van der Waals surface area contributed by atoms with Gasteiger partial charge in [-0.1, -0.05) is 24.0 Å². The van der Waals surface area contributed by atoms with Crippen LogP contribution in [-0.4, -0.2) is 64.9 Å². The average molecular weight is 605 g/mol. The van der Waals surface area contributed by atoms with E-state index in [1.165, 1.54) is 23.5 Å². The van der Waals surface area contributed by atoms with Gasteiger partial charge in [0.05, 0.1) is 22.0 Å². The summed E-state index contributed by atoms with van der Waals surface area (Å²) in [5.41, 5.74) is 2.93. The summed E-state index contributed by atoms with van der Waals surface area (Å²) in [5, 5.41) is 7.89. The number of benzene rings is 2. The van der Waals surface area contributed by atoms with Gasteiger partial charge in [0.25, 0.3) is 5.91 Å². The van der Waals surface area contributed by atoms with E-state index in [4.69, 9.17) is 0 Å². The third-order valence-electron chi connectivity index (χ3n) is 7.72. The van der Waals surface area contributed by atoms with E-state index in [-0.39, 0.29) is 17.8 Å². The monoisotopic (exact) mass is 604 g/mol. The number of alkyl halides is 3. The number of carbonyl (C=O) groups excluding carboxylic acids is 1. The number of piperazine rings is 1. The molecule has 6 rings (SSSR count). The first-order valence-corrected chi connectivity index (χ1v) is 15.1. The van der Waals surface area contributed by atoms with Crippen LogP contribution in [0.2, 0.25) is 0 Å². The van der Waals surface area contributed by atoms with Crippen LogP contribution in [0.3, 0.4) is 0 Å². The molecule has 222 valence electrons. The van der Waals surface area contributed by atoms with E-state index in [9.17, 15) is 18.0 Å². The number of halogens is 3. The van der Waals surface area contributed by atoms with Crippen LogP contribution in [-0.2, 0) is 12.7 Å². The summed E-state index contributed by atoms with van der Waals surface area (Å²) in [4.78, 5) is 26.3. The van der Waals surface area contributed by atoms with Crippen molar-refractivity contribution in [3.63, 3.8) is 0 Å². The summed E-state index contributed by atoms with van der Waals surface area (Å²) in [6.45, 7) is 5.15. The Balaban J connectivity index is 1.20. The Morgan fingerprint density at radius 3 is 2.58 bits per heavy atom. The summed E-state index contributed by atoms with van der Waals surface area (Å²) in [7, 11) is 2.00. The quantitative estimate of drug-likeness (QED) is 0.264. The topological polar surface area (TPSA) is 73.4 Å². The molecule has 0 radical (unpaired) electrons. The van der Waals surface area contributed by atoms with Crippen molar-refractivity contribution < 1.29 is 18.0 Å². The van der Waals surface area contributed by atoms with Crippen molar-refractivity contribution >= 4 is 39.1 Å². The van der Waals surface area contributed by atoms with Crippen LogP contribution in [0.5, 0.6) is 0 Å². The van der Waals surface area contributed by atoms with E-state index in [0.29, 0.717) is 36.2 Å². The van der Waals surface area contributed by atoms with Gasteiger partial charge in [0.15, 0.2) is 0 Å². The van der Waals surface area contributed by atoms with Gasteiger partial charge in [-0.15, -0.1) is 11.3 Å². The number of fused-ring (bicyclic) bond motifs is 1. The molecule has 2 fully saturated rings. The summed E-state index contributed by atoms with van der Waals surface area (Å²) in [6.07, 6.45) is -0.512. The second-order valence-electron chi connectivity index (χ2n) is 11.2. The van der Waals surface area contributed by atoms with Crippen molar-refractivity contribution in [2.45, 2.75) is 38.5 Å². The van der Waals surface area contributed by atoms with E-state index in [2.05, 4.69) is 37.3 Å². The molecule has 3 heterocycles. The molecule has 1 amide bonds. The number of aryl methyl sites for hydroxylation is 1. The van der Waals surface area contributed by atoms with Crippen LogP contribution in [0, 0.1) is 18.8 Å². The number of nitrogens with one attached hydrogen (secondary N) is 2. The van der Waals surface area contributed by atoms with E-state index < -0.39 is 17.6 Å². The fourth-order valence-electron chi connectivity index (χ4n) is 4.94. The van der Waals surface area contributed by atoms with Crippen LogP contribution in [0.1, 0.15) is 51.0 Å². The van der Waals surface area contributed by atoms with E-state index >= 15 is 0 Å². The van der Waals surface area contributed by atoms with Crippen molar-refractivity contribution in [3.05, 3.63) is 81.4 Å². The Morgan fingerprint density at radius 1 is 1.07 bits per heavy atom. The second-order valence-corrected chi connectivity index (χ2v) is 12.1. The second kappa shape index (κ2) is 12.0. The zero-order valence-corrected chi connectivity index (χ0v) is 24.7. The van der Waals surface area contributed by atoms with Crippen LogP contribution in [0.25, 0.3) is 10.2 Å². The van der Waals surface area contributed by atoms with Gasteiger partial charge in [0.2, 0.25) is 5.95 Å². The van der Waals surface area contributed by atoms with Gasteiger partial charge < -0.3 is 15.5 Å². The SMILES string of the molecule is Cc1ccc(C(=O)Nc2ccc(CN3CCN(C)CC3)c(C(F)(F)F)c2)cc1C#Cc1csc2cnc(NC3CC3)nc12. The summed E-state index contributed by atoms with van der Waals surface area (Å²) >= 11 is 1.52. The molecule has 2 aromatic heterocycles. The fraction of sp³-hybridized carbons (Fsp3) is 0.344. The first kappa shape index (κ1) is 29.1. The Labute approximate surface area is 252 Å². The lowest BCUT2D eigenvalue weighted by atomic mass is 10.0. The van der Waals surface area contributed by atoms with Gasteiger partial charge in [-0.2, -0.15) is 13.2 Å². The number of anilines is 2. The number of thiophene rings is 1. The maximum Gasteiger partial charge on any atom is 0.416 e. The minimum atomic E-state index is -4.54. The van der Waals surface area contributed by atoms with Crippen LogP contribution < -0.4 is 10.6 Å². The first-order valence-electron chi connectivity index (χ1n) is 14.2. The van der Waals surface area contributed by atoms with Gasteiger partial charge in [-0.25, -0.2) is 9.97 Å². The Morgan fingerprint density at radius 2 is 1.84 bits per heavy atom. The molecule has 11 heteroatoms. The van der Waals surface area contributed by atoms with Crippen LogP contribution in [0.15, 0.2) is 48.0 Å². The smallest absolute Gasteiger partial charge is 0.351 e. The fourth-order valence-corrected chi connectivity index (χ4v) is 5.73. The van der Waals surface area contributed by atoms with E-state index in [1.807, 2.05) is 24.3 Å². The number of carbonyl (C=O) groups is 1. The first-order chi connectivity index (χ1) is 20.6. The molecule has 43 heavy (non-hydrogen) atoms. The van der Waals surface area contributed by atoms with Gasteiger partial charge >= 0.3 is 6.18 Å². The molecular weight excluding hydrogens is 573 g/mol. The van der Waals surface area contributed by atoms with Gasteiger partial charge in [0, 0.05) is 61.0 Å². The Bertz CT molecular complexity index is 1730. The Hall–Kier alpha value is -3.98. The minimum absolute atomic E-state index is 0.0905. The highest BCUT2D eigenvalue weighted by atomic mass is 32.1. The summed E-state index contributed by atoms with van der Waals surface area (Å²) in [6, 6.07) is 9.53. The van der Waals surface area contributed by atoms with E-state index in [0.717, 1.165) is 53.3 Å². The molecule has 2 N–H and O–H groups in total. The van der Waals surface area contributed by atoms with Crippen LogP contribution >= 0.6 is 11.3 Å².